The second-order valence-electron chi connectivity index (χ2n) is 4.50. The van der Waals surface area contributed by atoms with Gasteiger partial charge in [0.1, 0.15) is 0 Å². The number of benzene rings is 2. The SMILES string of the molecule is OC(CCCl)(Cc1ccccc1)c1ccccc1. The van der Waals surface area contributed by atoms with Crippen molar-refractivity contribution in [3.05, 3.63) is 71.8 Å². The molecular weight excluding hydrogens is 244 g/mol. The summed E-state index contributed by atoms with van der Waals surface area (Å²) in [7, 11) is 0. The summed E-state index contributed by atoms with van der Waals surface area (Å²) in [6.45, 7) is 0. The summed E-state index contributed by atoms with van der Waals surface area (Å²) < 4.78 is 0. The van der Waals surface area contributed by atoms with Gasteiger partial charge in [0.2, 0.25) is 0 Å². The van der Waals surface area contributed by atoms with E-state index in [1.54, 1.807) is 0 Å². The molecule has 18 heavy (non-hydrogen) atoms. The summed E-state index contributed by atoms with van der Waals surface area (Å²) in [5.41, 5.74) is 1.16. The number of hydrogen-bond acceptors (Lipinski definition) is 1. The lowest BCUT2D eigenvalue weighted by Gasteiger charge is -2.28. The van der Waals surface area contributed by atoms with E-state index in [-0.39, 0.29) is 0 Å². The fourth-order valence-corrected chi connectivity index (χ4v) is 2.49. The first kappa shape index (κ1) is 13.1. The summed E-state index contributed by atoms with van der Waals surface area (Å²) >= 11 is 5.84. The fraction of sp³-hybridized carbons (Fsp3) is 0.250. The van der Waals surface area contributed by atoms with Gasteiger partial charge in [-0.15, -0.1) is 11.6 Å². The van der Waals surface area contributed by atoms with Crippen molar-refractivity contribution in [1.29, 1.82) is 0 Å². The van der Waals surface area contributed by atoms with Crippen molar-refractivity contribution in [2.24, 2.45) is 0 Å². The van der Waals surface area contributed by atoms with Crippen LogP contribution in [0, 0.1) is 0 Å². The Morgan fingerprint density at radius 3 is 2.00 bits per heavy atom. The molecule has 0 heterocycles. The molecule has 0 bridgehead atoms. The molecule has 0 amide bonds. The maximum absolute atomic E-state index is 10.9. The van der Waals surface area contributed by atoms with Crippen LogP contribution in [0.25, 0.3) is 0 Å². The minimum atomic E-state index is -0.885. The third-order valence-corrected chi connectivity index (χ3v) is 3.35. The molecule has 0 saturated carbocycles. The molecule has 0 saturated heterocycles. The van der Waals surface area contributed by atoms with Crippen molar-refractivity contribution in [3.8, 4) is 0 Å². The van der Waals surface area contributed by atoms with Crippen molar-refractivity contribution in [2.75, 3.05) is 5.88 Å². The predicted molar refractivity (Wildman–Crippen MR) is 75.8 cm³/mol. The van der Waals surface area contributed by atoms with E-state index in [1.165, 1.54) is 0 Å². The standard InChI is InChI=1S/C16H17ClO/c17-12-11-16(18,15-9-5-2-6-10-15)13-14-7-3-1-4-8-14/h1-10,18H,11-13H2. The molecule has 2 rings (SSSR count). The summed E-state index contributed by atoms with van der Waals surface area (Å²) in [6.07, 6.45) is 1.14. The third kappa shape index (κ3) is 3.12. The van der Waals surface area contributed by atoms with Crippen LogP contribution in [0.15, 0.2) is 60.7 Å². The molecule has 2 aromatic rings. The van der Waals surface area contributed by atoms with Crippen molar-refractivity contribution >= 4 is 11.6 Å². The smallest absolute Gasteiger partial charge is 0.0948 e. The number of hydrogen-bond donors (Lipinski definition) is 1. The summed E-state index contributed by atoms with van der Waals surface area (Å²) in [5.74, 6) is 0.443. The van der Waals surface area contributed by atoms with Gasteiger partial charge in [-0.1, -0.05) is 60.7 Å². The van der Waals surface area contributed by atoms with E-state index in [0.29, 0.717) is 18.7 Å². The number of aliphatic hydroxyl groups is 1. The van der Waals surface area contributed by atoms with Gasteiger partial charge in [0.05, 0.1) is 5.60 Å². The average Bonchev–Trinajstić information content (AvgIpc) is 2.41. The van der Waals surface area contributed by atoms with Crippen LogP contribution < -0.4 is 0 Å². The van der Waals surface area contributed by atoms with Crippen molar-refractivity contribution in [1.82, 2.24) is 0 Å². The Balaban J connectivity index is 2.27. The van der Waals surface area contributed by atoms with E-state index in [1.807, 2.05) is 60.7 Å². The molecule has 0 fully saturated rings. The first-order chi connectivity index (χ1) is 8.74. The summed E-state index contributed by atoms with van der Waals surface area (Å²) in [5, 5.41) is 10.9. The van der Waals surface area contributed by atoms with Crippen LogP contribution in [0.5, 0.6) is 0 Å². The Labute approximate surface area is 113 Å². The lowest BCUT2D eigenvalue weighted by Crippen LogP contribution is -2.29. The Kier molecular flexibility index (Phi) is 4.40. The van der Waals surface area contributed by atoms with Gasteiger partial charge in [-0.2, -0.15) is 0 Å². The zero-order chi connectivity index (χ0) is 12.8. The van der Waals surface area contributed by atoms with Gasteiger partial charge in [-0.3, -0.25) is 0 Å². The van der Waals surface area contributed by atoms with E-state index in [2.05, 4.69) is 0 Å². The Bertz CT molecular complexity index is 469. The van der Waals surface area contributed by atoms with Gasteiger partial charge in [-0.05, 0) is 17.5 Å². The highest BCUT2D eigenvalue weighted by molar-refractivity contribution is 6.17. The molecule has 2 heteroatoms. The van der Waals surface area contributed by atoms with Gasteiger partial charge in [0.25, 0.3) is 0 Å². The second kappa shape index (κ2) is 6.03. The molecule has 0 aliphatic rings. The maximum atomic E-state index is 10.9. The van der Waals surface area contributed by atoms with Gasteiger partial charge < -0.3 is 5.11 Å². The largest absolute Gasteiger partial charge is 0.385 e. The zero-order valence-corrected chi connectivity index (χ0v) is 11.0. The highest BCUT2D eigenvalue weighted by atomic mass is 35.5. The van der Waals surface area contributed by atoms with Crippen LogP contribution in [0.3, 0.4) is 0 Å². The topological polar surface area (TPSA) is 20.2 Å². The molecule has 2 aromatic carbocycles. The molecule has 0 aliphatic carbocycles. The Morgan fingerprint density at radius 1 is 0.889 bits per heavy atom. The van der Waals surface area contributed by atoms with Gasteiger partial charge >= 0.3 is 0 Å². The molecule has 94 valence electrons. The van der Waals surface area contributed by atoms with Crippen molar-refractivity contribution in [2.45, 2.75) is 18.4 Å². The lowest BCUT2D eigenvalue weighted by atomic mass is 9.85. The summed E-state index contributed by atoms with van der Waals surface area (Å²) in [6, 6.07) is 19.8. The van der Waals surface area contributed by atoms with E-state index in [0.717, 1.165) is 11.1 Å². The molecule has 0 spiro atoms. The minimum Gasteiger partial charge on any atom is -0.385 e. The molecule has 1 atom stereocenters. The van der Waals surface area contributed by atoms with Crippen LogP contribution in [0.4, 0.5) is 0 Å². The zero-order valence-electron chi connectivity index (χ0n) is 10.2. The van der Waals surface area contributed by atoms with E-state index < -0.39 is 5.60 Å². The highest BCUT2D eigenvalue weighted by Gasteiger charge is 2.28. The molecule has 1 nitrogen and oxygen atoms in total. The normalized spacial score (nSPS) is 14.1. The van der Waals surface area contributed by atoms with Crippen molar-refractivity contribution < 1.29 is 5.11 Å². The van der Waals surface area contributed by atoms with Crippen LogP contribution in [0.1, 0.15) is 17.5 Å². The van der Waals surface area contributed by atoms with E-state index >= 15 is 0 Å². The average molecular weight is 261 g/mol. The maximum Gasteiger partial charge on any atom is 0.0948 e. The third-order valence-electron chi connectivity index (χ3n) is 3.16. The van der Waals surface area contributed by atoms with Crippen molar-refractivity contribution in [3.63, 3.8) is 0 Å². The van der Waals surface area contributed by atoms with Gasteiger partial charge in [0.15, 0.2) is 0 Å². The van der Waals surface area contributed by atoms with Crippen LogP contribution in [-0.4, -0.2) is 11.0 Å². The molecular formula is C16H17ClO. The molecule has 0 radical (unpaired) electrons. The van der Waals surface area contributed by atoms with Gasteiger partial charge in [0, 0.05) is 12.3 Å². The van der Waals surface area contributed by atoms with Crippen LogP contribution in [-0.2, 0) is 12.0 Å². The molecule has 1 N–H and O–H groups in total. The molecule has 0 aliphatic heterocycles. The number of halogens is 1. The highest BCUT2D eigenvalue weighted by Crippen LogP contribution is 2.29. The van der Waals surface area contributed by atoms with E-state index in [4.69, 9.17) is 11.6 Å². The predicted octanol–water partition coefficient (Wildman–Crippen LogP) is 3.75. The lowest BCUT2D eigenvalue weighted by molar-refractivity contribution is 0.0336. The molecule has 0 aromatic heterocycles. The first-order valence-electron chi connectivity index (χ1n) is 6.12. The van der Waals surface area contributed by atoms with Crippen LogP contribution in [0.2, 0.25) is 0 Å². The quantitative estimate of drug-likeness (QED) is 0.812. The number of alkyl halides is 1. The Hall–Kier alpha value is -1.31. The second-order valence-corrected chi connectivity index (χ2v) is 4.88. The fourth-order valence-electron chi connectivity index (χ4n) is 2.17. The van der Waals surface area contributed by atoms with Gasteiger partial charge in [-0.25, -0.2) is 0 Å². The summed E-state index contributed by atoms with van der Waals surface area (Å²) in [4.78, 5) is 0. The number of rotatable bonds is 5. The Morgan fingerprint density at radius 2 is 1.44 bits per heavy atom. The van der Waals surface area contributed by atoms with E-state index in [9.17, 15) is 5.11 Å². The first-order valence-corrected chi connectivity index (χ1v) is 6.66. The minimum absolute atomic E-state index is 0.443. The molecule has 1 unspecified atom stereocenters. The monoisotopic (exact) mass is 260 g/mol. The van der Waals surface area contributed by atoms with Crippen LogP contribution >= 0.6 is 11.6 Å².